The number of rotatable bonds is 9. The Bertz CT molecular complexity index is 1090. The summed E-state index contributed by atoms with van der Waals surface area (Å²) in [7, 11) is 1.74. The highest BCUT2D eigenvalue weighted by Gasteiger charge is 2.37. The zero-order valence-corrected chi connectivity index (χ0v) is 22.5. The van der Waals surface area contributed by atoms with Crippen molar-refractivity contribution in [2.24, 2.45) is 5.92 Å². The van der Waals surface area contributed by atoms with Crippen LogP contribution in [0.15, 0.2) is 115 Å². The van der Waals surface area contributed by atoms with Crippen LogP contribution in [-0.4, -0.2) is 20.2 Å². The van der Waals surface area contributed by atoms with Gasteiger partial charge < -0.3 is 10.1 Å². The first-order valence-corrected chi connectivity index (χ1v) is 13.3. The fourth-order valence-electron chi connectivity index (χ4n) is 6.25. The van der Waals surface area contributed by atoms with Gasteiger partial charge in [0.2, 0.25) is 0 Å². The summed E-state index contributed by atoms with van der Waals surface area (Å²) >= 11 is 0. The van der Waals surface area contributed by atoms with Crippen LogP contribution in [-0.2, 0) is 5.41 Å². The van der Waals surface area contributed by atoms with Gasteiger partial charge in [0.05, 0.1) is 7.11 Å². The van der Waals surface area contributed by atoms with Crippen molar-refractivity contribution in [1.82, 2.24) is 5.32 Å². The maximum Gasteiger partial charge on any atom is 0.118 e. The molecule has 1 aliphatic rings. The lowest BCUT2D eigenvalue weighted by Crippen LogP contribution is -2.33. The molecule has 192 valence electrons. The van der Waals surface area contributed by atoms with Gasteiger partial charge in [-0.2, -0.15) is 0 Å². The van der Waals surface area contributed by atoms with Crippen LogP contribution >= 0.6 is 12.4 Å². The summed E-state index contributed by atoms with van der Waals surface area (Å²) in [6, 6.07) is 42.2. The molecule has 1 saturated heterocycles. The van der Waals surface area contributed by atoms with Gasteiger partial charge in [-0.3, -0.25) is 0 Å². The molecule has 0 aromatic heterocycles. The highest BCUT2D eigenvalue weighted by molar-refractivity contribution is 5.85. The molecule has 1 atom stereocenters. The predicted molar refractivity (Wildman–Crippen MR) is 157 cm³/mol. The van der Waals surface area contributed by atoms with E-state index in [2.05, 4.69) is 121 Å². The van der Waals surface area contributed by atoms with Gasteiger partial charge in [0.15, 0.2) is 0 Å². The topological polar surface area (TPSA) is 21.3 Å². The molecule has 1 N–H and O–H groups in total. The Morgan fingerprint density at radius 1 is 0.703 bits per heavy atom. The molecule has 1 heterocycles. The molecule has 2 nitrogen and oxygen atoms in total. The average Bonchev–Trinajstić information content (AvgIpc) is 2.97. The Hall–Kier alpha value is -3.07. The monoisotopic (exact) mass is 511 g/mol. The molecule has 37 heavy (non-hydrogen) atoms. The first kappa shape index (κ1) is 27.0. The third-order valence-electron chi connectivity index (χ3n) is 8.13. The second-order valence-electron chi connectivity index (χ2n) is 10.0. The largest absolute Gasteiger partial charge is 0.497 e. The van der Waals surface area contributed by atoms with Crippen molar-refractivity contribution < 1.29 is 4.74 Å². The van der Waals surface area contributed by atoms with Gasteiger partial charge in [-0.25, -0.2) is 0 Å². The molecule has 0 radical (unpaired) electrons. The number of methoxy groups -OCH3 is 1. The molecule has 0 bridgehead atoms. The molecule has 0 spiro atoms. The van der Waals surface area contributed by atoms with E-state index < -0.39 is 0 Å². The number of nitrogens with one attached hydrogen (secondary N) is 1. The van der Waals surface area contributed by atoms with Gasteiger partial charge in [-0.15, -0.1) is 12.4 Å². The number of hydrogen-bond donors (Lipinski definition) is 1. The number of benzene rings is 4. The third kappa shape index (κ3) is 5.92. The molecule has 0 aliphatic carbocycles. The fourth-order valence-corrected chi connectivity index (χ4v) is 6.25. The maximum atomic E-state index is 5.47. The Balaban J connectivity index is 0.00000320. The summed E-state index contributed by atoms with van der Waals surface area (Å²) < 4.78 is 5.47. The predicted octanol–water partition coefficient (Wildman–Crippen LogP) is 8.02. The van der Waals surface area contributed by atoms with E-state index in [9.17, 15) is 0 Å². The van der Waals surface area contributed by atoms with Crippen LogP contribution in [0, 0.1) is 5.92 Å². The van der Waals surface area contributed by atoms with E-state index in [0.717, 1.165) is 31.7 Å². The lowest BCUT2D eigenvalue weighted by molar-refractivity contribution is 0.294. The quantitative estimate of drug-likeness (QED) is 0.230. The Morgan fingerprint density at radius 2 is 1.16 bits per heavy atom. The summed E-state index contributed by atoms with van der Waals surface area (Å²) in [5.74, 6) is 2.11. The van der Waals surface area contributed by atoms with Crippen LogP contribution in [0.5, 0.6) is 5.75 Å². The van der Waals surface area contributed by atoms with E-state index in [1.54, 1.807) is 7.11 Å². The van der Waals surface area contributed by atoms with Crippen molar-refractivity contribution in [3.05, 3.63) is 138 Å². The zero-order valence-electron chi connectivity index (χ0n) is 21.7. The second-order valence-corrected chi connectivity index (χ2v) is 10.0. The van der Waals surface area contributed by atoms with E-state index in [4.69, 9.17) is 4.74 Å². The van der Waals surface area contributed by atoms with E-state index in [1.807, 2.05) is 0 Å². The zero-order chi connectivity index (χ0) is 24.6. The van der Waals surface area contributed by atoms with Crippen molar-refractivity contribution >= 4 is 12.4 Å². The van der Waals surface area contributed by atoms with Gasteiger partial charge in [0.25, 0.3) is 0 Å². The van der Waals surface area contributed by atoms with Crippen molar-refractivity contribution in [1.29, 1.82) is 0 Å². The summed E-state index contributed by atoms with van der Waals surface area (Å²) in [5, 5.41) is 3.57. The van der Waals surface area contributed by atoms with Crippen LogP contribution in [0.25, 0.3) is 0 Å². The maximum absolute atomic E-state index is 5.47. The molecular formula is C34H38ClNO. The first-order chi connectivity index (χ1) is 17.8. The lowest BCUT2D eigenvalue weighted by Gasteiger charge is -2.39. The molecule has 1 fully saturated rings. The molecule has 0 amide bonds. The van der Waals surface area contributed by atoms with Crippen LogP contribution in [0.1, 0.15) is 53.9 Å². The summed E-state index contributed by atoms with van der Waals surface area (Å²) in [6.45, 7) is 2.22. The van der Waals surface area contributed by atoms with Crippen LogP contribution in [0.4, 0.5) is 0 Å². The molecule has 1 unspecified atom stereocenters. The summed E-state index contributed by atoms with van der Waals surface area (Å²) in [5.41, 5.74) is 5.32. The Morgan fingerprint density at radius 3 is 1.59 bits per heavy atom. The van der Waals surface area contributed by atoms with Gasteiger partial charge in [-0.05, 0) is 85.0 Å². The SMILES string of the molecule is COc1ccc(C(CCC(c2ccccc2)(c2ccccc2)c2ccccc2)C2CCNCC2)cc1.Cl. The molecule has 0 saturated carbocycles. The lowest BCUT2D eigenvalue weighted by atomic mass is 9.64. The molecule has 3 heteroatoms. The normalized spacial score (nSPS) is 14.9. The standard InChI is InChI=1S/C34H37NO.ClH/c1-36-32-19-17-27(18-20-32)33(28-22-25-35-26-23-28)21-24-34(29-11-5-2-6-12-29,30-13-7-3-8-14-30)31-15-9-4-10-16-31;/h2-20,28,33,35H,21-26H2,1H3;1H. The van der Waals surface area contributed by atoms with Crippen molar-refractivity contribution in [2.75, 3.05) is 20.2 Å². The van der Waals surface area contributed by atoms with Crippen LogP contribution < -0.4 is 10.1 Å². The second kappa shape index (κ2) is 12.9. The van der Waals surface area contributed by atoms with Crippen molar-refractivity contribution in [3.63, 3.8) is 0 Å². The van der Waals surface area contributed by atoms with E-state index in [0.29, 0.717) is 11.8 Å². The third-order valence-corrected chi connectivity index (χ3v) is 8.13. The van der Waals surface area contributed by atoms with Gasteiger partial charge in [-0.1, -0.05) is 103 Å². The van der Waals surface area contributed by atoms with E-state index in [-0.39, 0.29) is 17.8 Å². The minimum atomic E-state index is -0.207. The first-order valence-electron chi connectivity index (χ1n) is 13.3. The highest BCUT2D eigenvalue weighted by Crippen LogP contribution is 2.46. The molecule has 4 aromatic rings. The summed E-state index contributed by atoms with van der Waals surface area (Å²) in [6.07, 6.45) is 4.62. The molecule has 1 aliphatic heterocycles. The Kier molecular flexibility index (Phi) is 9.44. The number of halogens is 1. The van der Waals surface area contributed by atoms with Crippen LogP contribution in [0.3, 0.4) is 0 Å². The fraction of sp³-hybridized carbons (Fsp3) is 0.294. The number of ether oxygens (including phenoxy) is 1. The summed E-state index contributed by atoms with van der Waals surface area (Å²) in [4.78, 5) is 0. The average molecular weight is 512 g/mol. The van der Waals surface area contributed by atoms with Crippen LogP contribution in [0.2, 0.25) is 0 Å². The molecule has 5 rings (SSSR count). The van der Waals surface area contributed by atoms with Gasteiger partial charge in [0, 0.05) is 5.41 Å². The molecular weight excluding hydrogens is 474 g/mol. The minimum Gasteiger partial charge on any atom is -0.497 e. The highest BCUT2D eigenvalue weighted by atomic mass is 35.5. The Labute approximate surface area is 228 Å². The van der Waals surface area contributed by atoms with E-state index >= 15 is 0 Å². The van der Waals surface area contributed by atoms with Crippen molar-refractivity contribution in [3.8, 4) is 5.75 Å². The minimum absolute atomic E-state index is 0. The van der Waals surface area contributed by atoms with Gasteiger partial charge in [0.1, 0.15) is 5.75 Å². The van der Waals surface area contributed by atoms with Crippen molar-refractivity contribution in [2.45, 2.75) is 37.0 Å². The van der Waals surface area contributed by atoms with E-state index in [1.165, 1.54) is 35.1 Å². The number of piperidine rings is 1. The molecule has 4 aromatic carbocycles. The number of hydrogen-bond acceptors (Lipinski definition) is 2. The van der Waals surface area contributed by atoms with Gasteiger partial charge >= 0.3 is 0 Å². The smallest absolute Gasteiger partial charge is 0.118 e.